The van der Waals surface area contributed by atoms with E-state index in [1.807, 2.05) is 13.0 Å². The minimum Gasteiger partial charge on any atom is -0.325 e. The Morgan fingerprint density at radius 1 is 1.36 bits per heavy atom. The number of pyridine rings is 1. The Balaban J connectivity index is 2.86. The second-order valence-corrected chi connectivity index (χ2v) is 3.28. The predicted molar refractivity (Wildman–Crippen MR) is 54.3 cm³/mol. The molecule has 14 heavy (non-hydrogen) atoms. The number of benzene rings is 1. The van der Waals surface area contributed by atoms with Crippen LogP contribution in [0, 0.1) is 12.7 Å². The summed E-state index contributed by atoms with van der Waals surface area (Å²) < 4.78 is 13.1. The van der Waals surface area contributed by atoms with E-state index in [1.165, 1.54) is 12.1 Å². The van der Waals surface area contributed by atoms with Gasteiger partial charge >= 0.3 is 0 Å². The SMILES string of the molecule is Cc1cc(F)cc2c(CN)nccc12. The van der Waals surface area contributed by atoms with E-state index in [0.717, 1.165) is 22.0 Å². The highest BCUT2D eigenvalue weighted by molar-refractivity contribution is 5.87. The summed E-state index contributed by atoms with van der Waals surface area (Å²) in [6.45, 7) is 2.21. The van der Waals surface area contributed by atoms with Crippen molar-refractivity contribution < 1.29 is 4.39 Å². The van der Waals surface area contributed by atoms with E-state index < -0.39 is 0 Å². The van der Waals surface area contributed by atoms with Crippen molar-refractivity contribution in [1.82, 2.24) is 4.98 Å². The summed E-state index contributed by atoms with van der Waals surface area (Å²) in [4.78, 5) is 4.12. The van der Waals surface area contributed by atoms with Crippen molar-refractivity contribution in [3.8, 4) is 0 Å². The molecule has 0 spiro atoms. The molecule has 0 radical (unpaired) electrons. The van der Waals surface area contributed by atoms with Gasteiger partial charge in [0.25, 0.3) is 0 Å². The molecule has 0 saturated carbocycles. The van der Waals surface area contributed by atoms with E-state index in [4.69, 9.17) is 5.73 Å². The number of nitrogens with zero attached hydrogens (tertiary/aromatic N) is 1. The summed E-state index contributed by atoms with van der Waals surface area (Å²) >= 11 is 0. The molecule has 0 atom stereocenters. The summed E-state index contributed by atoms with van der Waals surface area (Å²) in [5, 5.41) is 1.83. The smallest absolute Gasteiger partial charge is 0.124 e. The maximum Gasteiger partial charge on any atom is 0.124 e. The number of nitrogens with two attached hydrogens (primary N) is 1. The van der Waals surface area contributed by atoms with Crippen LogP contribution in [0.5, 0.6) is 0 Å². The molecule has 0 unspecified atom stereocenters. The van der Waals surface area contributed by atoms with Gasteiger partial charge in [0.2, 0.25) is 0 Å². The van der Waals surface area contributed by atoms with Crippen molar-refractivity contribution >= 4 is 10.8 Å². The van der Waals surface area contributed by atoms with Gasteiger partial charge in [-0.15, -0.1) is 0 Å². The number of fused-ring (bicyclic) bond motifs is 1. The minimum atomic E-state index is -0.238. The van der Waals surface area contributed by atoms with Gasteiger partial charge in [0, 0.05) is 18.1 Å². The van der Waals surface area contributed by atoms with Crippen LogP contribution in [0.2, 0.25) is 0 Å². The molecule has 0 aliphatic heterocycles. The van der Waals surface area contributed by atoms with Crippen molar-refractivity contribution in [2.24, 2.45) is 5.73 Å². The maximum atomic E-state index is 13.1. The highest BCUT2D eigenvalue weighted by atomic mass is 19.1. The molecule has 0 aliphatic rings. The van der Waals surface area contributed by atoms with Gasteiger partial charge in [-0.2, -0.15) is 0 Å². The first-order valence-corrected chi connectivity index (χ1v) is 4.46. The number of rotatable bonds is 1. The fraction of sp³-hybridized carbons (Fsp3) is 0.182. The molecule has 0 amide bonds. The third-order valence-electron chi connectivity index (χ3n) is 2.33. The van der Waals surface area contributed by atoms with Gasteiger partial charge in [-0.1, -0.05) is 0 Å². The largest absolute Gasteiger partial charge is 0.325 e. The number of hydrogen-bond acceptors (Lipinski definition) is 2. The standard InChI is InChI=1S/C11H11FN2/c1-7-4-8(12)5-10-9(7)2-3-14-11(10)6-13/h2-5H,6,13H2,1H3. The monoisotopic (exact) mass is 190 g/mol. The summed E-state index contributed by atoms with van der Waals surface area (Å²) in [6, 6.07) is 4.88. The Hall–Kier alpha value is -1.48. The molecule has 2 N–H and O–H groups in total. The first-order chi connectivity index (χ1) is 6.72. The van der Waals surface area contributed by atoms with Gasteiger partial charge in [-0.05, 0) is 36.1 Å². The van der Waals surface area contributed by atoms with Crippen LogP contribution in [0.25, 0.3) is 10.8 Å². The van der Waals surface area contributed by atoms with Crippen LogP contribution in [0.1, 0.15) is 11.3 Å². The molecule has 0 aliphatic carbocycles. The molecule has 0 fully saturated rings. The van der Waals surface area contributed by atoms with Crippen molar-refractivity contribution in [3.05, 3.63) is 41.5 Å². The summed E-state index contributed by atoms with van der Waals surface area (Å²) in [5.41, 5.74) is 7.19. The molecule has 1 heterocycles. The summed E-state index contributed by atoms with van der Waals surface area (Å²) in [6.07, 6.45) is 1.70. The van der Waals surface area contributed by atoms with Crippen molar-refractivity contribution in [1.29, 1.82) is 0 Å². The van der Waals surface area contributed by atoms with Gasteiger partial charge in [0.1, 0.15) is 5.82 Å². The van der Waals surface area contributed by atoms with E-state index in [9.17, 15) is 4.39 Å². The first kappa shape index (κ1) is 9.09. The molecule has 3 heteroatoms. The Bertz CT molecular complexity index is 480. The number of aryl methyl sites for hydroxylation is 1. The average Bonchev–Trinajstić information content (AvgIpc) is 2.17. The van der Waals surface area contributed by atoms with Crippen LogP contribution < -0.4 is 5.73 Å². The zero-order chi connectivity index (χ0) is 10.1. The Kier molecular flexibility index (Phi) is 2.17. The van der Waals surface area contributed by atoms with Gasteiger partial charge in [0.15, 0.2) is 0 Å². The molecule has 0 saturated heterocycles. The second-order valence-electron chi connectivity index (χ2n) is 3.28. The van der Waals surface area contributed by atoms with Gasteiger partial charge in [-0.25, -0.2) is 4.39 Å². The van der Waals surface area contributed by atoms with Crippen molar-refractivity contribution in [3.63, 3.8) is 0 Å². The highest BCUT2D eigenvalue weighted by Crippen LogP contribution is 2.21. The lowest BCUT2D eigenvalue weighted by atomic mass is 10.0. The van der Waals surface area contributed by atoms with E-state index >= 15 is 0 Å². The van der Waals surface area contributed by atoms with Crippen molar-refractivity contribution in [2.75, 3.05) is 0 Å². The lowest BCUT2D eigenvalue weighted by Gasteiger charge is -2.05. The van der Waals surface area contributed by atoms with Crippen molar-refractivity contribution in [2.45, 2.75) is 13.5 Å². The molecule has 2 nitrogen and oxygen atoms in total. The Labute approximate surface area is 81.6 Å². The van der Waals surface area contributed by atoms with Gasteiger partial charge < -0.3 is 5.73 Å². The quantitative estimate of drug-likeness (QED) is 0.748. The fourth-order valence-corrected chi connectivity index (χ4v) is 1.65. The normalized spacial score (nSPS) is 10.8. The van der Waals surface area contributed by atoms with Crippen LogP contribution in [0.3, 0.4) is 0 Å². The van der Waals surface area contributed by atoms with Crippen LogP contribution in [0.15, 0.2) is 24.4 Å². The van der Waals surface area contributed by atoms with E-state index in [0.29, 0.717) is 6.54 Å². The number of hydrogen-bond donors (Lipinski definition) is 1. The number of aromatic nitrogens is 1. The molecule has 1 aromatic heterocycles. The zero-order valence-electron chi connectivity index (χ0n) is 7.92. The average molecular weight is 190 g/mol. The minimum absolute atomic E-state index is 0.238. The fourth-order valence-electron chi connectivity index (χ4n) is 1.65. The molecular weight excluding hydrogens is 179 g/mol. The maximum absolute atomic E-state index is 13.1. The lowest BCUT2D eigenvalue weighted by molar-refractivity contribution is 0.628. The highest BCUT2D eigenvalue weighted by Gasteiger charge is 2.04. The first-order valence-electron chi connectivity index (χ1n) is 4.46. The third-order valence-corrected chi connectivity index (χ3v) is 2.33. The lowest BCUT2D eigenvalue weighted by Crippen LogP contribution is -2.00. The Morgan fingerprint density at radius 2 is 2.14 bits per heavy atom. The van der Waals surface area contributed by atoms with Crippen LogP contribution in [-0.2, 0) is 6.54 Å². The van der Waals surface area contributed by atoms with Crippen LogP contribution in [-0.4, -0.2) is 4.98 Å². The zero-order valence-corrected chi connectivity index (χ0v) is 7.92. The molecule has 72 valence electrons. The summed E-state index contributed by atoms with van der Waals surface area (Å²) in [5.74, 6) is -0.238. The molecule has 0 bridgehead atoms. The molecule has 2 rings (SSSR count). The van der Waals surface area contributed by atoms with Gasteiger partial charge in [-0.3, -0.25) is 4.98 Å². The number of halogens is 1. The predicted octanol–water partition coefficient (Wildman–Crippen LogP) is 2.14. The summed E-state index contributed by atoms with van der Waals surface area (Å²) in [7, 11) is 0. The second kappa shape index (κ2) is 3.35. The van der Waals surface area contributed by atoms with Crippen LogP contribution >= 0.6 is 0 Å². The molecule has 1 aromatic carbocycles. The van der Waals surface area contributed by atoms with Gasteiger partial charge in [0.05, 0.1) is 5.69 Å². The molecule has 2 aromatic rings. The van der Waals surface area contributed by atoms with E-state index in [2.05, 4.69) is 4.98 Å². The van der Waals surface area contributed by atoms with E-state index in [1.54, 1.807) is 6.20 Å². The molecular formula is C11H11FN2. The third kappa shape index (κ3) is 1.36. The van der Waals surface area contributed by atoms with E-state index in [-0.39, 0.29) is 5.82 Å². The van der Waals surface area contributed by atoms with Crippen LogP contribution in [0.4, 0.5) is 4.39 Å². The topological polar surface area (TPSA) is 38.9 Å². The Morgan fingerprint density at radius 3 is 2.86 bits per heavy atom.